The lowest BCUT2D eigenvalue weighted by molar-refractivity contribution is -0.692. The molecule has 100 heavy (non-hydrogen) atoms. The van der Waals surface area contributed by atoms with Crippen LogP contribution in [0.1, 0.15) is 99.2 Å². The van der Waals surface area contributed by atoms with Crippen molar-refractivity contribution in [2.45, 2.75) is 153 Å². The molecule has 24 heteroatoms. The average Bonchev–Trinajstić information content (AvgIpc) is 1.66. The number of hydrogen-bond donors (Lipinski definition) is 0. The third-order valence-corrected chi connectivity index (χ3v) is 20.9. The van der Waals surface area contributed by atoms with Gasteiger partial charge in [0.1, 0.15) is 40.5 Å². The lowest BCUT2D eigenvalue weighted by Gasteiger charge is -2.10. The van der Waals surface area contributed by atoms with Crippen molar-refractivity contribution in [2.75, 3.05) is 0 Å². The standard InChI is InChI=1S/4C12H14NO.4C7H8O3S/c4*1-9-6-7-13-10-4-2-3-5-11(10)14-12(13)8-9;4*1-6-2-4-7(5-3-6)11(8,9)10/h4*2-5,9H,6-8H2,1H3;4*2-5H,1H3,(H,8,9,10)/q4*+1;;;;/p-4/t4*9-;;;;/m0000..../s1. The molecule has 0 amide bonds. The van der Waals surface area contributed by atoms with Crippen molar-refractivity contribution in [1.29, 1.82) is 0 Å². The van der Waals surface area contributed by atoms with Gasteiger partial charge in [0.2, 0.25) is 22.3 Å². The van der Waals surface area contributed by atoms with Crippen molar-refractivity contribution in [3.05, 3.63) is 240 Å². The Kier molecular flexibility index (Phi) is 25.0. The van der Waals surface area contributed by atoms with Gasteiger partial charge in [0, 0.05) is 49.9 Å². The maximum absolute atomic E-state index is 10.4. The monoisotopic (exact) mass is 1440 g/mol. The lowest BCUT2D eigenvalue weighted by Crippen LogP contribution is -2.41. The normalized spacial score (nSPS) is 16.8. The highest BCUT2D eigenvalue weighted by molar-refractivity contribution is 7.86. The molecule has 0 aliphatic carbocycles. The molecule has 12 aromatic rings. The first-order chi connectivity index (χ1) is 47.4. The maximum atomic E-state index is 10.4. The summed E-state index contributed by atoms with van der Waals surface area (Å²) in [5.41, 5.74) is 12.8. The Morgan fingerprint density at radius 3 is 0.620 bits per heavy atom. The Labute approximate surface area is 585 Å². The quantitative estimate of drug-likeness (QED) is 0.117. The van der Waals surface area contributed by atoms with E-state index in [-0.39, 0.29) is 19.6 Å². The fourth-order valence-electron chi connectivity index (χ4n) is 11.7. The Bertz CT molecular complexity index is 4550. The highest BCUT2D eigenvalue weighted by atomic mass is 32.2. The predicted molar refractivity (Wildman–Crippen MR) is 372 cm³/mol. The van der Waals surface area contributed by atoms with Crippen molar-refractivity contribution in [3.63, 3.8) is 0 Å². The molecule has 8 heterocycles. The van der Waals surface area contributed by atoms with Crippen LogP contribution in [0, 0.1) is 51.4 Å². The SMILES string of the molecule is C[C@H]1CC[n+]2c(oc3ccccc32)C1.C[C@H]1CC[n+]2c(oc3ccccc32)C1.C[C@H]1CC[n+]2c(oc3ccccc32)C1.C[C@H]1CC[n+]2c(oc3ccccc32)C1.Cc1ccc(S(=O)(=O)[O-])cc1.Cc1ccc(S(=O)(=O)[O-])cc1.Cc1ccc(S(=O)(=O)[O-])cc1.Cc1ccc(S(=O)(=O)[O-])cc1. The molecular weight excluding hydrogens is 1350 g/mol. The largest absolute Gasteiger partial charge is 0.744 e. The summed E-state index contributed by atoms with van der Waals surface area (Å²) in [5.74, 6) is 7.61. The zero-order chi connectivity index (χ0) is 72.1. The summed E-state index contributed by atoms with van der Waals surface area (Å²) in [7, 11) is -17.1. The van der Waals surface area contributed by atoms with Crippen LogP contribution in [0.15, 0.2) is 231 Å². The molecular formula is C76H84N4O16S4. The summed E-state index contributed by atoms with van der Waals surface area (Å²) < 4.78 is 157. The van der Waals surface area contributed by atoms with Gasteiger partial charge >= 0.3 is 23.6 Å². The van der Waals surface area contributed by atoms with Gasteiger partial charge in [-0.1, -0.05) is 147 Å². The minimum Gasteiger partial charge on any atom is -0.744 e. The van der Waals surface area contributed by atoms with Crippen LogP contribution in [0.25, 0.3) is 44.4 Å². The van der Waals surface area contributed by atoms with Gasteiger partial charge in [-0.25, -0.2) is 33.7 Å². The second-order valence-corrected chi connectivity index (χ2v) is 31.4. The van der Waals surface area contributed by atoms with Crippen molar-refractivity contribution in [2.24, 2.45) is 23.7 Å². The molecule has 0 unspecified atom stereocenters. The molecule has 4 aliphatic rings. The van der Waals surface area contributed by atoms with Crippen molar-refractivity contribution < 1.29 is 87.8 Å². The van der Waals surface area contributed by atoms with Gasteiger partial charge in [0.15, 0.2) is 26.2 Å². The van der Waals surface area contributed by atoms with Crippen LogP contribution in [-0.2, 0) is 92.3 Å². The van der Waals surface area contributed by atoms with Crippen LogP contribution in [0.5, 0.6) is 0 Å². The number of rotatable bonds is 4. The molecule has 0 saturated heterocycles. The smallest absolute Gasteiger partial charge is 0.348 e. The predicted octanol–water partition coefficient (Wildman–Crippen LogP) is 12.8. The zero-order valence-electron chi connectivity index (χ0n) is 57.2. The molecule has 4 aliphatic heterocycles. The van der Waals surface area contributed by atoms with E-state index in [1.165, 1.54) is 96.3 Å². The van der Waals surface area contributed by atoms with Gasteiger partial charge in [-0.3, -0.25) is 0 Å². The Balaban J connectivity index is 0.000000134. The Morgan fingerprint density at radius 2 is 0.450 bits per heavy atom. The molecule has 0 bridgehead atoms. The van der Waals surface area contributed by atoms with E-state index in [9.17, 15) is 51.9 Å². The average molecular weight is 1440 g/mol. The number of aromatic nitrogens is 4. The summed E-state index contributed by atoms with van der Waals surface area (Å²) in [6.07, 6.45) is 9.37. The molecule has 4 aromatic heterocycles. The van der Waals surface area contributed by atoms with E-state index >= 15 is 0 Å². The van der Waals surface area contributed by atoms with E-state index in [4.69, 9.17) is 17.7 Å². The summed E-state index contributed by atoms with van der Waals surface area (Å²) in [6, 6.07) is 56.3. The third kappa shape index (κ3) is 20.7. The first-order valence-electron chi connectivity index (χ1n) is 33.1. The molecule has 16 rings (SSSR count). The molecule has 0 radical (unpaired) electrons. The summed E-state index contributed by atoms with van der Waals surface area (Å²) in [6.45, 7) is 20.9. The van der Waals surface area contributed by atoms with Gasteiger partial charge in [0.05, 0.1) is 45.3 Å². The van der Waals surface area contributed by atoms with Crippen LogP contribution in [0.4, 0.5) is 0 Å². The minimum absolute atomic E-state index is 0.178. The van der Waals surface area contributed by atoms with Crippen molar-refractivity contribution in [1.82, 2.24) is 0 Å². The van der Waals surface area contributed by atoms with Crippen LogP contribution in [0.2, 0.25) is 0 Å². The molecule has 0 fully saturated rings. The Morgan fingerprint density at radius 1 is 0.280 bits per heavy atom. The number of para-hydroxylation sites is 8. The summed E-state index contributed by atoms with van der Waals surface area (Å²) in [4.78, 5) is -0.711. The highest BCUT2D eigenvalue weighted by Crippen LogP contribution is 2.26. The number of nitrogens with zero attached hydrogens (tertiary/aromatic N) is 4. The molecule has 528 valence electrons. The van der Waals surface area contributed by atoms with E-state index in [1.807, 2.05) is 76.2 Å². The number of aryl methyl sites for hydroxylation is 8. The number of hydrogen-bond acceptors (Lipinski definition) is 16. The Hall–Kier alpha value is -8.72. The van der Waals surface area contributed by atoms with Gasteiger partial charge in [-0.2, -0.15) is 18.3 Å². The fraction of sp³-hybridized carbons (Fsp3) is 0.316. The van der Waals surface area contributed by atoms with Gasteiger partial charge in [-0.15, -0.1) is 0 Å². The summed E-state index contributed by atoms with van der Waals surface area (Å²) in [5, 5.41) is 0. The molecule has 0 saturated carbocycles. The first-order valence-corrected chi connectivity index (χ1v) is 38.7. The molecule has 20 nitrogen and oxygen atoms in total. The molecule has 8 aromatic carbocycles. The minimum atomic E-state index is -4.27. The lowest BCUT2D eigenvalue weighted by atomic mass is 10.0. The number of fused-ring (bicyclic) bond motifs is 12. The van der Waals surface area contributed by atoms with E-state index in [2.05, 4.69) is 94.5 Å². The van der Waals surface area contributed by atoms with E-state index in [0.29, 0.717) is 0 Å². The van der Waals surface area contributed by atoms with E-state index in [0.717, 1.165) is 144 Å². The van der Waals surface area contributed by atoms with Gasteiger partial charge in [0.25, 0.3) is 22.1 Å². The van der Waals surface area contributed by atoms with Crippen LogP contribution >= 0.6 is 0 Å². The first kappa shape index (κ1) is 75.5. The second-order valence-electron chi connectivity index (χ2n) is 25.9. The van der Waals surface area contributed by atoms with Crippen molar-refractivity contribution >= 4 is 84.9 Å². The molecule has 4 atom stereocenters. The van der Waals surface area contributed by atoms with Gasteiger partial charge < -0.3 is 35.9 Å². The highest BCUT2D eigenvalue weighted by Gasteiger charge is 2.32. The fourth-order valence-corrected chi connectivity index (χ4v) is 13.6. The molecule has 0 N–H and O–H groups in total. The van der Waals surface area contributed by atoms with E-state index < -0.39 is 40.5 Å². The number of oxazole rings is 4. The van der Waals surface area contributed by atoms with Crippen LogP contribution < -0.4 is 18.3 Å². The number of benzene rings is 8. The van der Waals surface area contributed by atoms with Crippen LogP contribution in [-0.4, -0.2) is 51.9 Å². The topological polar surface area (TPSA) is 297 Å². The third-order valence-electron chi connectivity index (χ3n) is 17.5. The zero-order valence-corrected chi connectivity index (χ0v) is 60.5. The summed E-state index contributed by atoms with van der Waals surface area (Å²) >= 11 is 0. The maximum Gasteiger partial charge on any atom is 0.348 e. The second kappa shape index (κ2) is 33.2. The molecule has 0 spiro atoms. The van der Waals surface area contributed by atoms with Gasteiger partial charge in [-0.05, 0) is 124 Å². The van der Waals surface area contributed by atoms with Crippen LogP contribution in [0.3, 0.4) is 0 Å². The van der Waals surface area contributed by atoms with E-state index in [1.54, 1.807) is 48.5 Å². The van der Waals surface area contributed by atoms with Crippen molar-refractivity contribution in [3.8, 4) is 0 Å².